The molecule has 2 heteroatoms. The van der Waals surface area contributed by atoms with Gasteiger partial charge in [-0.1, -0.05) is 65.7 Å². The molecular formula is C12H26PtS. The van der Waals surface area contributed by atoms with Crippen LogP contribution in [-0.4, -0.2) is 4.75 Å². The SMILES string of the molecule is CCCCCCCCCC(C)(C)S.[Pt]. The van der Waals surface area contributed by atoms with Gasteiger partial charge < -0.3 is 0 Å². The number of unbranched alkanes of at least 4 members (excludes halogenated alkanes) is 6. The van der Waals surface area contributed by atoms with Crippen LogP contribution in [0.15, 0.2) is 0 Å². The molecule has 0 aromatic rings. The fourth-order valence-electron chi connectivity index (χ4n) is 1.51. The summed E-state index contributed by atoms with van der Waals surface area (Å²) in [4.78, 5) is 0. The summed E-state index contributed by atoms with van der Waals surface area (Å²) < 4.78 is 0.240. The molecule has 0 heterocycles. The van der Waals surface area contributed by atoms with Crippen LogP contribution in [0.3, 0.4) is 0 Å². The van der Waals surface area contributed by atoms with E-state index in [0.29, 0.717) is 0 Å². The second kappa shape index (κ2) is 10.6. The molecule has 0 atom stereocenters. The predicted octanol–water partition coefficient (Wildman–Crippen LogP) is 4.83. The standard InChI is InChI=1S/C12H26S.Pt/c1-4-5-6-7-8-9-10-11-12(2,3)13;/h13H,4-11H2,1-3H3;. The van der Waals surface area contributed by atoms with E-state index in [4.69, 9.17) is 0 Å². The van der Waals surface area contributed by atoms with Gasteiger partial charge in [-0.25, -0.2) is 0 Å². The number of hydrogen-bond acceptors (Lipinski definition) is 1. The smallest absolute Gasteiger partial charge is 0.00731 e. The second-order valence-electron chi connectivity index (χ2n) is 4.68. The van der Waals surface area contributed by atoms with Crippen LogP contribution in [0, 0.1) is 0 Å². The van der Waals surface area contributed by atoms with E-state index in [1.165, 1.54) is 51.4 Å². The third kappa shape index (κ3) is 15.5. The minimum absolute atomic E-state index is 0. The van der Waals surface area contributed by atoms with Gasteiger partial charge in [0.05, 0.1) is 0 Å². The molecule has 0 bridgehead atoms. The Morgan fingerprint density at radius 3 is 1.71 bits per heavy atom. The van der Waals surface area contributed by atoms with Gasteiger partial charge in [-0.15, -0.1) is 0 Å². The Balaban J connectivity index is 0. The Kier molecular flexibility index (Phi) is 13.1. The topological polar surface area (TPSA) is 0 Å². The normalized spacial score (nSPS) is 11.1. The molecule has 0 saturated heterocycles. The number of hydrogen-bond donors (Lipinski definition) is 1. The van der Waals surface area contributed by atoms with E-state index in [0.717, 1.165) is 0 Å². The zero-order chi connectivity index (χ0) is 10.2. The molecule has 90 valence electrons. The van der Waals surface area contributed by atoms with E-state index < -0.39 is 0 Å². The van der Waals surface area contributed by atoms with Crippen LogP contribution in [0.25, 0.3) is 0 Å². The first-order valence-corrected chi connectivity index (χ1v) is 6.23. The molecule has 0 nitrogen and oxygen atoms in total. The minimum atomic E-state index is 0. The van der Waals surface area contributed by atoms with Gasteiger partial charge in [0.1, 0.15) is 0 Å². The van der Waals surface area contributed by atoms with Gasteiger partial charge in [0.25, 0.3) is 0 Å². The molecule has 0 fully saturated rings. The van der Waals surface area contributed by atoms with Crippen molar-refractivity contribution in [1.29, 1.82) is 0 Å². The Hall–Kier alpha value is 1.04. The number of thiol groups is 1. The van der Waals surface area contributed by atoms with Crippen LogP contribution in [0.5, 0.6) is 0 Å². The van der Waals surface area contributed by atoms with Crippen LogP contribution in [0.4, 0.5) is 0 Å². The van der Waals surface area contributed by atoms with Crippen molar-refractivity contribution in [2.75, 3.05) is 0 Å². The summed E-state index contributed by atoms with van der Waals surface area (Å²) in [6.45, 7) is 6.67. The Morgan fingerprint density at radius 1 is 0.857 bits per heavy atom. The molecule has 0 aliphatic heterocycles. The molecule has 0 saturated carbocycles. The van der Waals surface area contributed by atoms with Crippen molar-refractivity contribution in [1.82, 2.24) is 0 Å². The van der Waals surface area contributed by atoms with Crippen LogP contribution in [-0.2, 0) is 21.1 Å². The van der Waals surface area contributed by atoms with Crippen LogP contribution < -0.4 is 0 Å². The summed E-state index contributed by atoms with van der Waals surface area (Å²) in [5, 5.41) is 0. The third-order valence-corrected chi connectivity index (χ3v) is 2.62. The van der Waals surface area contributed by atoms with Crippen molar-refractivity contribution in [3.8, 4) is 0 Å². The van der Waals surface area contributed by atoms with Gasteiger partial charge in [-0.3, -0.25) is 0 Å². The molecule has 0 aliphatic carbocycles. The fraction of sp³-hybridized carbons (Fsp3) is 1.00. The molecule has 0 unspecified atom stereocenters. The zero-order valence-electron chi connectivity index (χ0n) is 9.92. The predicted molar refractivity (Wildman–Crippen MR) is 65.7 cm³/mol. The van der Waals surface area contributed by atoms with E-state index in [1.807, 2.05) is 0 Å². The fourth-order valence-corrected chi connectivity index (χ4v) is 1.67. The van der Waals surface area contributed by atoms with Gasteiger partial charge in [0, 0.05) is 25.8 Å². The Morgan fingerprint density at radius 2 is 1.29 bits per heavy atom. The summed E-state index contributed by atoms with van der Waals surface area (Å²) in [5.41, 5.74) is 0. The third-order valence-electron chi connectivity index (χ3n) is 2.39. The molecule has 0 aliphatic rings. The maximum atomic E-state index is 4.51. The maximum Gasteiger partial charge on any atom is 0.00731 e. The van der Waals surface area contributed by atoms with Gasteiger partial charge >= 0.3 is 0 Å². The van der Waals surface area contributed by atoms with Crippen molar-refractivity contribution >= 4 is 12.6 Å². The molecule has 0 aromatic heterocycles. The van der Waals surface area contributed by atoms with Crippen molar-refractivity contribution in [2.24, 2.45) is 0 Å². The van der Waals surface area contributed by atoms with Crippen molar-refractivity contribution in [3.63, 3.8) is 0 Å². The molecule has 0 rings (SSSR count). The van der Waals surface area contributed by atoms with Crippen molar-refractivity contribution in [3.05, 3.63) is 0 Å². The summed E-state index contributed by atoms with van der Waals surface area (Å²) in [6.07, 6.45) is 11.0. The van der Waals surface area contributed by atoms with Crippen LogP contribution >= 0.6 is 12.6 Å². The molecule has 0 radical (unpaired) electrons. The molecule has 0 aromatic carbocycles. The van der Waals surface area contributed by atoms with Crippen LogP contribution in [0.1, 0.15) is 72.1 Å². The van der Waals surface area contributed by atoms with E-state index in [2.05, 4.69) is 33.4 Å². The first-order valence-electron chi connectivity index (χ1n) is 5.78. The molecule has 0 spiro atoms. The quantitative estimate of drug-likeness (QED) is 0.440. The molecule has 0 amide bonds. The Labute approximate surface area is 110 Å². The van der Waals surface area contributed by atoms with Gasteiger partial charge in [-0.05, 0) is 6.42 Å². The van der Waals surface area contributed by atoms with E-state index in [-0.39, 0.29) is 25.8 Å². The molecule has 14 heavy (non-hydrogen) atoms. The van der Waals surface area contributed by atoms with E-state index in [9.17, 15) is 0 Å². The average Bonchev–Trinajstić information content (AvgIpc) is 2.01. The van der Waals surface area contributed by atoms with Crippen molar-refractivity contribution in [2.45, 2.75) is 76.9 Å². The summed E-state index contributed by atoms with van der Waals surface area (Å²) in [6, 6.07) is 0. The first kappa shape index (κ1) is 17.4. The summed E-state index contributed by atoms with van der Waals surface area (Å²) in [7, 11) is 0. The van der Waals surface area contributed by atoms with E-state index in [1.54, 1.807) is 0 Å². The monoisotopic (exact) mass is 397 g/mol. The second-order valence-corrected chi connectivity index (χ2v) is 5.89. The average molecular weight is 397 g/mol. The number of rotatable bonds is 8. The van der Waals surface area contributed by atoms with Gasteiger partial charge in [0.15, 0.2) is 0 Å². The van der Waals surface area contributed by atoms with Crippen LogP contribution in [0.2, 0.25) is 0 Å². The van der Waals surface area contributed by atoms with Gasteiger partial charge in [-0.2, -0.15) is 12.6 Å². The first-order chi connectivity index (χ1) is 6.06. The van der Waals surface area contributed by atoms with E-state index >= 15 is 0 Å². The molecular weight excluding hydrogens is 371 g/mol. The van der Waals surface area contributed by atoms with Crippen molar-refractivity contribution < 1.29 is 21.1 Å². The van der Waals surface area contributed by atoms with Gasteiger partial charge in [0.2, 0.25) is 0 Å². The minimum Gasteiger partial charge on any atom is -0.173 e. The Bertz CT molecular complexity index is 107. The summed E-state index contributed by atoms with van der Waals surface area (Å²) >= 11 is 4.51. The zero-order valence-corrected chi connectivity index (χ0v) is 13.1. The largest absolute Gasteiger partial charge is 0.173 e. The maximum absolute atomic E-state index is 4.51. The molecule has 0 N–H and O–H groups in total. The summed E-state index contributed by atoms with van der Waals surface area (Å²) in [5.74, 6) is 0.